The van der Waals surface area contributed by atoms with E-state index in [0.717, 1.165) is 0 Å². The van der Waals surface area contributed by atoms with Crippen molar-refractivity contribution < 1.29 is 94.1 Å². The summed E-state index contributed by atoms with van der Waals surface area (Å²) in [6, 6.07) is 0. The zero-order valence-electron chi connectivity index (χ0n) is 7.90. The summed E-state index contributed by atoms with van der Waals surface area (Å²) in [6.07, 6.45) is 0. The van der Waals surface area contributed by atoms with Crippen molar-refractivity contribution in [1.29, 1.82) is 0 Å². The first-order valence-electron chi connectivity index (χ1n) is 2.25. The molecule has 0 rings (SSSR count). The first-order valence-corrected chi connectivity index (χ1v) is 6.74. The largest absolute Gasteiger partial charge is 1.00 e. The van der Waals surface area contributed by atoms with Gasteiger partial charge in [0.05, 0.1) is 0 Å². The van der Waals surface area contributed by atoms with Crippen LogP contribution in [0, 0.1) is 0 Å². The summed E-state index contributed by atoms with van der Waals surface area (Å²) in [7, 11) is -16.9. The van der Waals surface area contributed by atoms with Crippen molar-refractivity contribution in [1.82, 2.24) is 0 Å². The molecule has 90 valence electrons. The molecule has 0 aromatic heterocycles. The van der Waals surface area contributed by atoms with Crippen molar-refractivity contribution in [2.75, 3.05) is 0 Å². The van der Waals surface area contributed by atoms with Crippen LogP contribution in [0.4, 0.5) is 4.20 Å². The minimum atomic E-state index is -5.85. The maximum atomic E-state index is 11.7. The van der Waals surface area contributed by atoms with E-state index in [1.54, 1.807) is 0 Å². The third-order valence-electron chi connectivity index (χ3n) is 0.413. The Hall–Kier alpha value is 1.90. The topological polar surface area (TPSA) is 151 Å². The molecule has 0 spiro atoms. The second-order valence-electron chi connectivity index (χ2n) is 1.57. The molecule has 0 bridgehead atoms. The number of hydrogen-bond donors (Lipinski definition) is 4. The molecule has 9 nitrogen and oxygen atoms in total. The first-order chi connectivity index (χ1) is 5.41. The average molecular weight is 340 g/mol. The van der Waals surface area contributed by atoms with E-state index in [1.165, 1.54) is 0 Å². The Morgan fingerprint density at radius 1 is 1.00 bits per heavy atom. The fraction of sp³-hybridized carbons (Fsp3) is 0. The van der Waals surface area contributed by atoms with Gasteiger partial charge in [-0.25, -0.2) is 13.7 Å². The molecule has 15 heavy (non-hydrogen) atoms. The van der Waals surface area contributed by atoms with Crippen molar-refractivity contribution in [3.63, 3.8) is 0 Å². The van der Waals surface area contributed by atoms with Gasteiger partial charge in [0.2, 0.25) is 0 Å². The predicted octanol–water partition coefficient (Wildman–Crippen LogP) is -2.60. The molecule has 0 aromatic rings. The summed E-state index contributed by atoms with van der Waals surface area (Å²) >= 11 is 0. The van der Waals surface area contributed by atoms with Gasteiger partial charge < -0.3 is 16.1 Å². The molecule has 2 atom stereocenters. The van der Waals surface area contributed by atoms with Crippen molar-refractivity contribution in [2.45, 2.75) is 0 Å². The van der Waals surface area contributed by atoms with Gasteiger partial charge in [0.25, 0.3) is 0 Å². The van der Waals surface area contributed by atoms with Crippen LogP contribution in [0.15, 0.2) is 0 Å². The van der Waals surface area contributed by atoms with Gasteiger partial charge in [-0.3, -0.25) is 4.89 Å². The van der Waals surface area contributed by atoms with Gasteiger partial charge in [-0.15, -0.1) is 4.20 Å². The molecule has 0 saturated carbocycles. The zero-order chi connectivity index (χ0) is 10.9. The van der Waals surface area contributed by atoms with Crippen LogP contribution in [0.3, 0.4) is 0 Å². The normalized spacial score (nSPS) is 19.0. The SMILES string of the molecule is O=P(O)(O)OP(=O)(O)OP(=O)(O)F.[Fe].[H-].[Na+]. The van der Waals surface area contributed by atoms with Gasteiger partial charge in [-0.2, -0.15) is 8.62 Å². The predicted molar refractivity (Wildman–Crippen MR) is 36.1 cm³/mol. The van der Waals surface area contributed by atoms with Gasteiger partial charge in [0, 0.05) is 17.1 Å². The quantitative estimate of drug-likeness (QED) is 0.319. The third kappa shape index (κ3) is 15.9. The smallest absolute Gasteiger partial charge is 1.00 e. The maximum Gasteiger partial charge on any atom is 1.00 e. The zero-order valence-corrected chi connectivity index (χ0v) is 12.7. The average Bonchev–Trinajstić information content (AvgIpc) is 1.43. The van der Waals surface area contributed by atoms with E-state index in [2.05, 4.69) is 8.62 Å². The van der Waals surface area contributed by atoms with Crippen molar-refractivity contribution in [3.05, 3.63) is 0 Å². The van der Waals surface area contributed by atoms with Crippen molar-refractivity contribution >= 4 is 23.6 Å². The van der Waals surface area contributed by atoms with E-state index in [0.29, 0.717) is 0 Å². The summed E-state index contributed by atoms with van der Waals surface area (Å²) in [5.41, 5.74) is 0. The van der Waals surface area contributed by atoms with Crippen LogP contribution in [0.5, 0.6) is 0 Å². The molecule has 0 saturated heterocycles. The van der Waals surface area contributed by atoms with Crippen LogP contribution >= 0.6 is 23.6 Å². The van der Waals surface area contributed by atoms with Crippen LogP contribution < -0.4 is 29.6 Å². The summed E-state index contributed by atoms with van der Waals surface area (Å²) in [6.45, 7) is 0. The van der Waals surface area contributed by atoms with Crippen LogP contribution in [-0.4, -0.2) is 19.6 Å². The molecule has 0 amide bonds. The number of phosphoric acid groups is 2. The van der Waals surface area contributed by atoms with E-state index in [1.807, 2.05) is 0 Å². The molecule has 2 unspecified atom stereocenters. The minimum absolute atomic E-state index is 0. The Balaban J connectivity index is -0.000000240. The Bertz CT molecular complexity index is 293. The Morgan fingerprint density at radius 2 is 1.33 bits per heavy atom. The molecule has 0 aliphatic carbocycles. The first kappa shape index (κ1) is 22.1. The fourth-order valence-corrected chi connectivity index (χ4v) is 2.76. The molecule has 0 aliphatic rings. The van der Waals surface area contributed by atoms with E-state index >= 15 is 0 Å². The number of halogens is 1. The maximum absolute atomic E-state index is 11.7. The minimum Gasteiger partial charge on any atom is -1.00 e. The van der Waals surface area contributed by atoms with Crippen LogP contribution in [0.2, 0.25) is 0 Å². The molecule has 15 heteroatoms. The van der Waals surface area contributed by atoms with Crippen LogP contribution in [0.25, 0.3) is 0 Å². The molecule has 4 N–H and O–H groups in total. The van der Waals surface area contributed by atoms with Gasteiger partial charge in [0.15, 0.2) is 0 Å². The molecular formula is H5FFeNaO9P3. The summed E-state index contributed by atoms with van der Waals surface area (Å²) in [5.74, 6) is 0. The second kappa shape index (κ2) is 7.36. The molecule has 0 radical (unpaired) electrons. The fourth-order valence-electron chi connectivity index (χ4n) is 0.277. The Labute approximate surface area is 117 Å². The van der Waals surface area contributed by atoms with E-state index < -0.39 is 23.6 Å². The molecular weight excluding hydrogens is 335 g/mol. The number of hydrogen-bond acceptors (Lipinski definition) is 5. The Morgan fingerprint density at radius 3 is 1.53 bits per heavy atom. The molecule has 0 heterocycles. The number of rotatable bonds is 4. The van der Waals surface area contributed by atoms with Gasteiger partial charge in [-0.1, -0.05) is 0 Å². The second-order valence-corrected chi connectivity index (χ2v) is 5.70. The van der Waals surface area contributed by atoms with E-state index in [9.17, 15) is 17.9 Å². The van der Waals surface area contributed by atoms with Crippen molar-refractivity contribution in [3.8, 4) is 0 Å². The van der Waals surface area contributed by atoms with Crippen LogP contribution in [-0.2, 0) is 39.4 Å². The molecule has 0 fully saturated rings. The molecule has 0 aliphatic heterocycles. The van der Waals surface area contributed by atoms with Crippen LogP contribution in [0.1, 0.15) is 1.43 Å². The van der Waals surface area contributed by atoms with Gasteiger partial charge in [-0.05, 0) is 0 Å². The van der Waals surface area contributed by atoms with Crippen molar-refractivity contribution in [2.24, 2.45) is 0 Å². The summed E-state index contributed by atoms with van der Waals surface area (Å²) in [4.78, 5) is 31.8. The van der Waals surface area contributed by atoms with Gasteiger partial charge in [0.1, 0.15) is 0 Å². The monoisotopic (exact) mass is 340 g/mol. The summed E-state index contributed by atoms with van der Waals surface area (Å²) < 4.78 is 47.4. The Kier molecular flexibility index (Phi) is 10.8. The molecule has 0 aromatic carbocycles. The third-order valence-corrected chi connectivity index (χ3v) is 3.72. The van der Waals surface area contributed by atoms with E-state index in [4.69, 9.17) is 19.6 Å². The van der Waals surface area contributed by atoms with E-state index in [-0.39, 0.29) is 48.1 Å². The summed E-state index contributed by atoms with van der Waals surface area (Å²) in [5, 5.41) is 0. The standard InChI is InChI=1S/FH4O9P3.Fe.Na.H/c1-11(2,3)9-13(7,8)10-12(4,5)6;;;/h(H,2,3)(H,7,8)(H2,4,5,6);;;/q;;+1;-1. The van der Waals surface area contributed by atoms with Gasteiger partial charge >= 0.3 is 53.1 Å².